The monoisotopic (exact) mass is 195 g/mol. The molecule has 1 atom stereocenters. The lowest BCUT2D eigenvalue weighted by Gasteiger charge is -2.05. The maximum atomic E-state index is 10.6. The Labute approximate surface area is 62.7 Å². The van der Waals surface area contributed by atoms with E-state index in [2.05, 4.69) is 20.7 Å². The van der Waals surface area contributed by atoms with Gasteiger partial charge < -0.3 is 10.5 Å². The molecular formula is C5H10BrNO2. The van der Waals surface area contributed by atoms with Gasteiger partial charge in [-0.1, -0.05) is 15.9 Å². The van der Waals surface area contributed by atoms with Crippen molar-refractivity contribution in [2.24, 2.45) is 5.73 Å². The molecule has 0 fully saturated rings. The van der Waals surface area contributed by atoms with Crippen molar-refractivity contribution in [2.45, 2.75) is 13.0 Å². The largest absolute Gasteiger partial charge is 0.465 e. The van der Waals surface area contributed by atoms with E-state index < -0.39 is 6.04 Å². The molecule has 4 heteroatoms. The molecule has 0 aromatic rings. The summed E-state index contributed by atoms with van der Waals surface area (Å²) in [6.07, 6.45) is 0. The van der Waals surface area contributed by atoms with Gasteiger partial charge in [-0.25, -0.2) is 0 Å². The standard InChI is InChI=1S/C5H10BrNO2/c1-2-9-5(8)4(7)3-6/h4H,2-3,7H2,1H3/t4-/m1/s1. The van der Waals surface area contributed by atoms with E-state index in [0.717, 1.165) is 0 Å². The Hall–Kier alpha value is -0.0900. The Morgan fingerprint density at radius 1 is 1.89 bits per heavy atom. The quantitative estimate of drug-likeness (QED) is 0.520. The molecule has 0 spiro atoms. The second kappa shape index (κ2) is 4.76. The van der Waals surface area contributed by atoms with Crippen molar-refractivity contribution in [1.29, 1.82) is 0 Å². The summed E-state index contributed by atoms with van der Waals surface area (Å²) >= 11 is 3.06. The van der Waals surface area contributed by atoms with Crippen LogP contribution in [0, 0.1) is 0 Å². The first-order valence-corrected chi connectivity index (χ1v) is 3.82. The minimum Gasteiger partial charge on any atom is -0.465 e. The number of hydrogen-bond acceptors (Lipinski definition) is 3. The smallest absolute Gasteiger partial charge is 0.323 e. The van der Waals surface area contributed by atoms with Crippen LogP contribution >= 0.6 is 15.9 Å². The van der Waals surface area contributed by atoms with Crippen molar-refractivity contribution in [3.05, 3.63) is 0 Å². The molecule has 0 aliphatic carbocycles. The third-order valence-electron chi connectivity index (χ3n) is 0.756. The fourth-order valence-corrected chi connectivity index (χ4v) is 0.577. The number of nitrogens with two attached hydrogens (primary N) is 1. The van der Waals surface area contributed by atoms with Crippen molar-refractivity contribution in [3.8, 4) is 0 Å². The molecule has 0 saturated heterocycles. The molecule has 0 aromatic carbocycles. The molecule has 0 aliphatic heterocycles. The van der Waals surface area contributed by atoms with Gasteiger partial charge in [-0.05, 0) is 6.92 Å². The Morgan fingerprint density at radius 3 is 2.78 bits per heavy atom. The molecule has 54 valence electrons. The third-order valence-corrected chi connectivity index (χ3v) is 1.45. The van der Waals surface area contributed by atoms with Crippen molar-refractivity contribution in [1.82, 2.24) is 0 Å². The van der Waals surface area contributed by atoms with Gasteiger partial charge in [0, 0.05) is 5.33 Å². The van der Waals surface area contributed by atoms with Gasteiger partial charge in [0.2, 0.25) is 0 Å². The Bertz CT molecular complexity index is 97.0. The fraction of sp³-hybridized carbons (Fsp3) is 0.800. The molecule has 0 aliphatic rings. The van der Waals surface area contributed by atoms with E-state index in [1.54, 1.807) is 6.92 Å². The molecule has 0 saturated carbocycles. The first kappa shape index (κ1) is 8.91. The van der Waals surface area contributed by atoms with Crippen LogP contribution in [0.25, 0.3) is 0 Å². The van der Waals surface area contributed by atoms with Crippen LogP contribution in [0.3, 0.4) is 0 Å². The second-order valence-electron chi connectivity index (χ2n) is 1.51. The SMILES string of the molecule is CCOC(=O)[C@H](N)CBr. The lowest BCUT2D eigenvalue weighted by Crippen LogP contribution is -2.33. The number of carbonyl (C=O) groups excluding carboxylic acids is 1. The molecule has 0 rings (SSSR count). The van der Waals surface area contributed by atoms with E-state index in [4.69, 9.17) is 5.73 Å². The topological polar surface area (TPSA) is 52.3 Å². The number of ether oxygens (including phenoxy) is 1. The van der Waals surface area contributed by atoms with Gasteiger partial charge in [-0.3, -0.25) is 4.79 Å². The average Bonchev–Trinajstić information content (AvgIpc) is 1.87. The highest BCUT2D eigenvalue weighted by Crippen LogP contribution is 1.89. The van der Waals surface area contributed by atoms with Gasteiger partial charge in [-0.2, -0.15) is 0 Å². The molecule has 0 unspecified atom stereocenters. The number of carbonyl (C=O) groups is 1. The normalized spacial score (nSPS) is 12.8. The lowest BCUT2D eigenvalue weighted by molar-refractivity contribution is -0.144. The fourth-order valence-electron chi connectivity index (χ4n) is 0.312. The first-order valence-electron chi connectivity index (χ1n) is 2.70. The van der Waals surface area contributed by atoms with E-state index in [0.29, 0.717) is 11.9 Å². The summed E-state index contributed by atoms with van der Waals surface area (Å²) in [6.45, 7) is 2.14. The van der Waals surface area contributed by atoms with Crippen LogP contribution in [0.2, 0.25) is 0 Å². The Morgan fingerprint density at radius 2 is 2.44 bits per heavy atom. The van der Waals surface area contributed by atoms with E-state index in [-0.39, 0.29) is 5.97 Å². The van der Waals surface area contributed by atoms with Gasteiger partial charge in [0.25, 0.3) is 0 Å². The number of alkyl halides is 1. The van der Waals surface area contributed by atoms with Crippen molar-refractivity contribution in [3.63, 3.8) is 0 Å². The summed E-state index contributed by atoms with van der Waals surface area (Å²) in [5.41, 5.74) is 5.28. The lowest BCUT2D eigenvalue weighted by atomic mass is 10.4. The van der Waals surface area contributed by atoms with Crippen molar-refractivity contribution < 1.29 is 9.53 Å². The van der Waals surface area contributed by atoms with E-state index in [1.165, 1.54) is 0 Å². The van der Waals surface area contributed by atoms with Crippen LogP contribution in [0.1, 0.15) is 6.92 Å². The minimum atomic E-state index is -0.523. The molecule has 2 N–H and O–H groups in total. The zero-order valence-corrected chi connectivity index (χ0v) is 6.85. The van der Waals surface area contributed by atoms with Gasteiger partial charge in [0.05, 0.1) is 6.61 Å². The second-order valence-corrected chi connectivity index (χ2v) is 2.16. The zero-order valence-electron chi connectivity index (χ0n) is 5.26. The zero-order chi connectivity index (χ0) is 7.28. The van der Waals surface area contributed by atoms with E-state index >= 15 is 0 Å². The maximum absolute atomic E-state index is 10.6. The number of esters is 1. The van der Waals surface area contributed by atoms with E-state index in [1.807, 2.05) is 0 Å². The molecule has 0 heterocycles. The first-order chi connectivity index (χ1) is 4.22. The van der Waals surface area contributed by atoms with E-state index in [9.17, 15) is 4.79 Å². The van der Waals surface area contributed by atoms with Crippen LogP contribution in [-0.2, 0) is 9.53 Å². The number of rotatable bonds is 3. The summed E-state index contributed by atoms with van der Waals surface area (Å²) in [5, 5.41) is 0.450. The average molecular weight is 196 g/mol. The number of halogens is 1. The van der Waals surface area contributed by atoms with Gasteiger partial charge in [-0.15, -0.1) is 0 Å². The highest BCUT2D eigenvalue weighted by atomic mass is 79.9. The van der Waals surface area contributed by atoms with Crippen molar-refractivity contribution >= 4 is 21.9 Å². The summed E-state index contributed by atoms with van der Waals surface area (Å²) in [6, 6.07) is -0.523. The number of hydrogen-bond donors (Lipinski definition) is 1. The Kier molecular flexibility index (Phi) is 4.71. The molecule has 9 heavy (non-hydrogen) atoms. The maximum Gasteiger partial charge on any atom is 0.323 e. The summed E-state index contributed by atoms with van der Waals surface area (Å²) in [4.78, 5) is 10.6. The molecule has 0 radical (unpaired) electrons. The summed E-state index contributed by atoms with van der Waals surface area (Å²) in [5.74, 6) is -0.352. The molecule has 3 nitrogen and oxygen atoms in total. The molecule has 0 amide bonds. The predicted octanol–water partition coefficient (Wildman–Crippen LogP) is 0.272. The highest BCUT2D eigenvalue weighted by molar-refractivity contribution is 9.09. The third kappa shape index (κ3) is 3.48. The summed E-state index contributed by atoms with van der Waals surface area (Å²) in [7, 11) is 0. The van der Waals surface area contributed by atoms with Crippen molar-refractivity contribution in [2.75, 3.05) is 11.9 Å². The van der Waals surface area contributed by atoms with Crippen LogP contribution in [-0.4, -0.2) is 23.9 Å². The van der Waals surface area contributed by atoms with Gasteiger partial charge in [0.1, 0.15) is 6.04 Å². The van der Waals surface area contributed by atoms with Gasteiger partial charge in [0.15, 0.2) is 0 Å². The summed E-state index contributed by atoms with van der Waals surface area (Å²) < 4.78 is 4.60. The van der Waals surface area contributed by atoms with Gasteiger partial charge >= 0.3 is 5.97 Å². The minimum absolute atomic E-state index is 0.352. The molecular weight excluding hydrogens is 186 g/mol. The highest BCUT2D eigenvalue weighted by Gasteiger charge is 2.11. The Balaban J connectivity index is 3.46. The molecule has 0 bridgehead atoms. The van der Waals surface area contributed by atoms with Crippen LogP contribution in [0.5, 0.6) is 0 Å². The van der Waals surface area contributed by atoms with Crippen LogP contribution in [0.4, 0.5) is 0 Å². The van der Waals surface area contributed by atoms with Crippen LogP contribution < -0.4 is 5.73 Å². The van der Waals surface area contributed by atoms with Crippen LogP contribution in [0.15, 0.2) is 0 Å². The predicted molar refractivity (Wildman–Crippen MR) is 38.4 cm³/mol. The molecule has 0 aromatic heterocycles.